The van der Waals surface area contributed by atoms with Gasteiger partial charge in [-0.25, -0.2) is 0 Å². The van der Waals surface area contributed by atoms with Crippen molar-refractivity contribution < 1.29 is 4.79 Å². The Labute approximate surface area is 92.0 Å². The number of amides is 1. The molecule has 74 valence electrons. The Kier molecular flexibility index (Phi) is 2.59. The highest BCUT2D eigenvalue weighted by Crippen LogP contribution is 2.21. The predicted octanol–water partition coefficient (Wildman–Crippen LogP) is 2.47. The molecule has 1 aromatic rings. The molecular weight excluding hydrogens is 242 g/mol. The quantitative estimate of drug-likeness (QED) is 0.696. The minimum absolute atomic E-state index is 0.144. The molecule has 3 heteroatoms. The van der Waals surface area contributed by atoms with Crippen LogP contribution in [0.25, 0.3) is 0 Å². The van der Waals surface area contributed by atoms with Crippen molar-refractivity contribution in [3.8, 4) is 0 Å². The first-order valence-corrected chi connectivity index (χ1v) is 5.51. The molecule has 0 fully saturated rings. The van der Waals surface area contributed by atoms with E-state index in [2.05, 4.69) is 15.9 Å². The van der Waals surface area contributed by atoms with Crippen molar-refractivity contribution in [3.05, 3.63) is 33.8 Å². The number of fused-ring (bicyclic) bond motifs is 1. The molecule has 1 amide bonds. The lowest BCUT2D eigenvalue weighted by Gasteiger charge is -2.13. The van der Waals surface area contributed by atoms with E-state index in [0.29, 0.717) is 0 Å². The molecule has 0 N–H and O–H groups in total. The lowest BCUT2D eigenvalue weighted by Crippen LogP contribution is -2.26. The van der Waals surface area contributed by atoms with Crippen LogP contribution in [0.3, 0.4) is 0 Å². The summed E-state index contributed by atoms with van der Waals surface area (Å²) in [6, 6.07) is 5.88. The van der Waals surface area contributed by atoms with Crippen LogP contribution in [0.1, 0.15) is 22.3 Å². The molecule has 0 saturated carbocycles. The van der Waals surface area contributed by atoms with Crippen LogP contribution in [-0.2, 0) is 6.42 Å². The molecule has 0 bridgehead atoms. The first-order valence-electron chi connectivity index (χ1n) is 4.72. The summed E-state index contributed by atoms with van der Waals surface area (Å²) >= 11 is 3.43. The van der Waals surface area contributed by atoms with Crippen LogP contribution in [-0.4, -0.2) is 24.4 Å². The lowest BCUT2D eigenvalue weighted by molar-refractivity contribution is 0.0800. The fraction of sp³-hybridized carbons (Fsp3) is 0.364. The molecule has 14 heavy (non-hydrogen) atoms. The maximum absolute atomic E-state index is 11.9. The Morgan fingerprint density at radius 3 is 3.00 bits per heavy atom. The smallest absolute Gasteiger partial charge is 0.253 e. The first kappa shape index (κ1) is 9.71. The SMILES string of the molecule is CN1CCCc2cc(Br)ccc2C1=O. The number of hydrogen-bond acceptors (Lipinski definition) is 1. The fourth-order valence-corrected chi connectivity index (χ4v) is 2.20. The third kappa shape index (κ3) is 1.69. The number of rotatable bonds is 0. The largest absolute Gasteiger partial charge is 0.342 e. The summed E-state index contributed by atoms with van der Waals surface area (Å²) in [5.41, 5.74) is 2.02. The standard InChI is InChI=1S/C11H12BrNO/c1-13-6-2-3-8-7-9(12)4-5-10(8)11(13)14/h4-5,7H,2-3,6H2,1H3. The van der Waals surface area contributed by atoms with E-state index in [9.17, 15) is 4.79 Å². The average Bonchev–Trinajstić information content (AvgIpc) is 2.28. The molecule has 0 aliphatic carbocycles. The summed E-state index contributed by atoms with van der Waals surface area (Å²) in [5, 5.41) is 0. The third-order valence-corrected chi connectivity index (χ3v) is 3.08. The van der Waals surface area contributed by atoms with Crippen LogP contribution >= 0.6 is 15.9 Å². The van der Waals surface area contributed by atoms with Gasteiger partial charge in [0.1, 0.15) is 0 Å². The Morgan fingerprint density at radius 1 is 1.43 bits per heavy atom. The van der Waals surface area contributed by atoms with Crippen LogP contribution < -0.4 is 0 Å². The normalized spacial score (nSPS) is 16.4. The van der Waals surface area contributed by atoms with E-state index in [-0.39, 0.29) is 5.91 Å². The predicted molar refractivity (Wildman–Crippen MR) is 59.4 cm³/mol. The lowest BCUT2D eigenvalue weighted by atomic mass is 10.0. The first-order chi connectivity index (χ1) is 6.68. The van der Waals surface area contributed by atoms with Crippen molar-refractivity contribution in [2.24, 2.45) is 0 Å². The van der Waals surface area contributed by atoms with Gasteiger partial charge in [0.05, 0.1) is 0 Å². The van der Waals surface area contributed by atoms with Crippen molar-refractivity contribution in [1.82, 2.24) is 4.90 Å². The van der Waals surface area contributed by atoms with Gasteiger partial charge in [-0.05, 0) is 36.6 Å². The molecule has 1 aromatic carbocycles. The highest BCUT2D eigenvalue weighted by molar-refractivity contribution is 9.10. The van der Waals surface area contributed by atoms with E-state index >= 15 is 0 Å². The Hall–Kier alpha value is -0.830. The van der Waals surface area contributed by atoms with Crippen LogP contribution in [0, 0.1) is 0 Å². The molecule has 0 spiro atoms. The van der Waals surface area contributed by atoms with Gasteiger partial charge in [-0.3, -0.25) is 4.79 Å². The van der Waals surface area contributed by atoms with E-state index in [1.165, 1.54) is 0 Å². The zero-order valence-corrected chi connectivity index (χ0v) is 9.67. The molecule has 1 aliphatic rings. The second kappa shape index (κ2) is 3.73. The summed E-state index contributed by atoms with van der Waals surface area (Å²) in [6.07, 6.45) is 2.04. The summed E-state index contributed by atoms with van der Waals surface area (Å²) in [5.74, 6) is 0.144. The summed E-state index contributed by atoms with van der Waals surface area (Å²) in [4.78, 5) is 13.6. The van der Waals surface area contributed by atoms with Crippen molar-refractivity contribution in [1.29, 1.82) is 0 Å². The molecule has 0 unspecified atom stereocenters. The fourth-order valence-electron chi connectivity index (χ4n) is 1.79. The maximum atomic E-state index is 11.9. The highest BCUT2D eigenvalue weighted by atomic mass is 79.9. The Morgan fingerprint density at radius 2 is 2.21 bits per heavy atom. The van der Waals surface area contributed by atoms with E-state index in [1.54, 1.807) is 4.90 Å². The van der Waals surface area contributed by atoms with Gasteiger partial charge in [0.25, 0.3) is 5.91 Å². The van der Waals surface area contributed by atoms with Crippen LogP contribution in [0.4, 0.5) is 0 Å². The van der Waals surface area contributed by atoms with Crippen LogP contribution in [0.15, 0.2) is 22.7 Å². The van der Waals surface area contributed by atoms with Gasteiger partial charge < -0.3 is 4.90 Å². The number of nitrogens with zero attached hydrogens (tertiary/aromatic N) is 1. The Bertz CT molecular complexity index is 376. The molecule has 2 nitrogen and oxygen atoms in total. The summed E-state index contributed by atoms with van der Waals surface area (Å²) in [6.45, 7) is 0.852. The second-order valence-electron chi connectivity index (χ2n) is 3.63. The van der Waals surface area contributed by atoms with Gasteiger partial charge in [-0.1, -0.05) is 15.9 Å². The third-order valence-electron chi connectivity index (χ3n) is 2.58. The van der Waals surface area contributed by atoms with Gasteiger partial charge in [0, 0.05) is 23.6 Å². The van der Waals surface area contributed by atoms with Crippen molar-refractivity contribution >= 4 is 21.8 Å². The van der Waals surface area contributed by atoms with Crippen LogP contribution in [0.5, 0.6) is 0 Å². The van der Waals surface area contributed by atoms with Crippen molar-refractivity contribution in [2.45, 2.75) is 12.8 Å². The number of carbonyl (C=O) groups excluding carboxylic acids is 1. The monoisotopic (exact) mass is 253 g/mol. The van der Waals surface area contributed by atoms with Gasteiger partial charge in [-0.15, -0.1) is 0 Å². The molecule has 0 aromatic heterocycles. The molecule has 1 aliphatic heterocycles. The average molecular weight is 254 g/mol. The zero-order chi connectivity index (χ0) is 10.1. The molecule has 0 atom stereocenters. The number of hydrogen-bond donors (Lipinski definition) is 0. The van der Waals surface area contributed by atoms with Gasteiger partial charge in [-0.2, -0.15) is 0 Å². The highest BCUT2D eigenvalue weighted by Gasteiger charge is 2.18. The topological polar surface area (TPSA) is 20.3 Å². The second-order valence-corrected chi connectivity index (χ2v) is 4.55. The molecule has 0 radical (unpaired) electrons. The van der Waals surface area contributed by atoms with E-state index < -0.39 is 0 Å². The van der Waals surface area contributed by atoms with Gasteiger partial charge in [0.2, 0.25) is 0 Å². The van der Waals surface area contributed by atoms with Crippen molar-refractivity contribution in [3.63, 3.8) is 0 Å². The van der Waals surface area contributed by atoms with Gasteiger partial charge in [0.15, 0.2) is 0 Å². The van der Waals surface area contributed by atoms with E-state index in [0.717, 1.165) is 35.0 Å². The number of aryl methyl sites for hydroxylation is 1. The van der Waals surface area contributed by atoms with Gasteiger partial charge >= 0.3 is 0 Å². The molecule has 1 heterocycles. The van der Waals surface area contributed by atoms with Crippen LogP contribution in [0.2, 0.25) is 0 Å². The van der Waals surface area contributed by atoms with E-state index in [4.69, 9.17) is 0 Å². The van der Waals surface area contributed by atoms with E-state index in [1.807, 2.05) is 25.2 Å². The number of halogens is 1. The number of carbonyl (C=O) groups is 1. The summed E-state index contributed by atoms with van der Waals surface area (Å²) in [7, 11) is 1.86. The zero-order valence-electron chi connectivity index (χ0n) is 8.09. The minimum Gasteiger partial charge on any atom is -0.342 e. The van der Waals surface area contributed by atoms with Crippen molar-refractivity contribution in [2.75, 3.05) is 13.6 Å². The number of benzene rings is 1. The minimum atomic E-state index is 0.144. The molecular formula is C11H12BrNO. The molecule has 0 saturated heterocycles. The Balaban J connectivity index is 2.48. The maximum Gasteiger partial charge on any atom is 0.253 e. The summed E-state index contributed by atoms with van der Waals surface area (Å²) < 4.78 is 1.05. The molecule has 2 rings (SSSR count).